The summed E-state index contributed by atoms with van der Waals surface area (Å²) in [5.74, 6) is -3.29. The van der Waals surface area contributed by atoms with Crippen LogP contribution in [0.25, 0.3) is 28.0 Å². The number of benzene rings is 2. The molecule has 0 atom stereocenters. The topological polar surface area (TPSA) is 88.8 Å². The number of pyridine rings is 1. The van der Waals surface area contributed by atoms with Crippen LogP contribution in [0, 0.1) is 24.4 Å². The van der Waals surface area contributed by atoms with Crippen molar-refractivity contribution in [3.8, 4) is 16.9 Å². The van der Waals surface area contributed by atoms with Gasteiger partial charge in [-0.2, -0.15) is 18.3 Å². The van der Waals surface area contributed by atoms with Gasteiger partial charge in [0.25, 0.3) is 5.91 Å². The fraction of sp³-hybridized carbons (Fsp3) is 0.241. The van der Waals surface area contributed by atoms with E-state index in [1.54, 1.807) is 19.1 Å². The zero-order valence-electron chi connectivity index (χ0n) is 22.4. The predicted octanol–water partition coefficient (Wildman–Crippen LogP) is 5.80. The van der Waals surface area contributed by atoms with E-state index in [2.05, 4.69) is 15.1 Å². The second kappa shape index (κ2) is 10.4. The minimum Gasteiger partial charge on any atom is -0.337 e. The lowest BCUT2D eigenvalue weighted by Crippen LogP contribution is -2.40. The first-order valence-corrected chi connectivity index (χ1v) is 13.2. The van der Waals surface area contributed by atoms with E-state index in [4.69, 9.17) is 0 Å². The molecule has 0 spiro atoms. The second-order valence-electron chi connectivity index (χ2n) is 10.3. The van der Waals surface area contributed by atoms with Crippen LogP contribution in [0.15, 0.2) is 59.7 Å². The number of H-pyrrole nitrogens is 1. The van der Waals surface area contributed by atoms with Crippen LogP contribution in [-0.4, -0.2) is 48.2 Å². The number of amides is 1. The monoisotopic (exact) mass is 600 g/mol. The number of alkyl halides is 3. The number of carbonyl (C=O) groups is 1. The van der Waals surface area contributed by atoms with Gasteiger partial charge in [0, 0.05) is 37.0 Å². The van der Waals surface area contributed by atoms with Crippen LogP contribution in [0.4, 0.5) is 26.3 Å². The fourth-order valence-electron chi connectivity index (χ4n) is 5.42. The van der Waals surface area contributed by atoms with Crippen LogP contribution in [0.5, 0.6) is 0 Å². The summed E-state index contributed by atoms with van der Waals surface area (Å²) in [7, 11) is 0. The smallest absolute Gasteiger partial charge is 0.337 e. The Balaban J connectivity index is 1.31. The Morgan fingerprint density at radius 3 is 2.42 bits per heavy atom. The molecule has 43 heavy (non-hydrogen) atoms. The molecule has 0 bridgehead atoms. The maximum absolute atomic E-state index is 14.9. The first-order chi connectivity index (χ1) is 20.4. The lowest BCUT2D eigenvalue weighted by Gasteiger charge is -2.32. The van der Waals surface area contributed by atoms with E-state index in [1.807, 2.05) is 0 Å². The summed E-state index contributed by atoms with van der Waals surface area (Å²) in [4.78, 5) is 34.1. The number of aromatic amines is 1. The number of piperidine rings is 1. The molecule has 1 fully saturated rings. The molecule has 2 aromatic carbocycles. The highest BCUT2D eigenvalue weighted by Gasteiger charge is 2.34. The molecule has 1 aliphatic rings. The lowest BCUT2D eigenvalue weighted by atomic mass is 10.0. The minimum absolute atomic E-state index is 0.0978. The van der Waals surface area contributed by atoms with E-state index in [9.17, 15) is 35.9 Å². The summed E-state index contributed by atoms with van der Waals surface area (Å²) in [5, 5.41) is 4.26. The maximum Gasteiger partial charge on any atom is 0.419 e. The van der Waals surface area contributed by atoms with Crippen molar-refractivity contribution in [1.29, 1.82) is 0 Å². The van der Waals surface area contributed by atoms with Crippen LogP contribution in [0.2, 0.25) is 0 Å². The largest absolute Gasteiger partial charge is 0.419 e. The van der Waals surface area contributed by atoms with Gasteiger partial charge in [-0.15, -0.1) is 0 Å². The zero-order chi connectivity index (χ0) is 30.6. The highest BCUT2D eigenvalue weighted by molar-refractivity contribution is 5.93. The first kappa shape index (κ1) is 28.2. The third-order valence-corrected chi connectivity index (χ3v) is 7.56. The molecule has 1 aliphatic heterocycles. The molecule has 0 radical (unpaired) electrons. The molecule has 222 valence electrons. The molecule has 1 saturated heterocycles. The number of nitrogens with zero attached hydrogens (tertiary/aromatic N) is 5. The van der Waals surface area contributed by atoms with E-state index in [0.29, 0.717) is 36.1 Å². The third kappa shape index (κ3) is 5.06. The van der Waals surface area contributed by atoms with Gasteiger partial charge in [0.1, 0.15) is 17.2 Å². The number of carbonyl (C=O) groups excluding carboxylic acids is 1. The lowest BCUT2D eigenvalue weighted by molar-refractivity contribution is -0.140. The molecular weight excluding hydrogens is 578 g/mol. The normalized spacial score (nSPS) is 14.5. The standard InChI is InChI=1S/C29H22F6N6O2/c1-15-2-5-22-26(25(15)32)40(28(43)37-22)18-6-8-39(9-7-18)27(42)23-12-24(16-10-17(30)14-36-13-16)41(38-23)19-3-4-20(21(31)11-19)29(33,34)35/h2-5,10-14,18H,6-9H2,1H3,(H,37,43). The molecule has 4 heterocycles. The van der Waals surface area contributed by atoms with Crippen molar-refractivity contribution in [3.05, 3.63) is 99.6 Å². The Labute approximate surface area is 239 Å². The van der Waals surface area contributed by atoms with Crippen LogP contribution >= 0.6 is 0 Å². The molecule has 0 unspecified atom stereocenters. The van der Waals surface area contributed by atoms with Gasteiger partial charge in [-0.1, -0.05) is 6.07 Å². The summed E-state index contributed by atoms with van der Waals surface area (Å²) < 4.78 is 85.3. The number of aryl methyl sites for hydroxylation is 1. The number of nitrogens with one attached hydrogen (secondary N) is 1. The summed E-state index contributed by atoms with van der Waals surface area (Å²) in [6, 6.07) is 7.43. The van der Waals surface area contributed by atoms with E-state index < -0.39 is 40.8 Å². The molecular formula is C29H22F6N6O2. The molecule has 3 aromatic heterocycles. The summed E-state index contributed by atoms with van der Waals surface area (Å²) in [6.45, 7) is 1.98. The third-order valence-electron chi connectivity index (χ3n) is 7.56. The van der Waals surface area contributed by atoms with Crippen molar-refractivity contribution in [1.82, 2.24) is 29.2 Å². The second-order valence-corrected chi connectivity index (χ2v) is 10.3. The maximum atomic E-state index is 14.9. The van der Waals surface area contributed by atoms with Gasteiger partial charge in [0.2, 0.25) is 0 Å². The number of hydrogen-bond donors (Lipinski definition) is 1. The molecule has 5 aromatic rings. The summed E-state index contributed by atoms with van der Waals surface area (Å²) >= 11 is 0. The van der Waals surface area contributed by atoms with Crippen molar-refractivity contribution < 1.29 is 31.1 Å². The van der Waals surface area contributed by atoms with Gasteiger partial charge in [0.05, 0.1) is 28.7 Å². The number of halogens is 6. The van der Waals surface area contributed by atoms with Gasteiger partial charge >= 0.3 is 11.9 Å². The molecule has 0 aliphatic carbocycles. The van der Waals surface area contributed by atoms with Gasteiger partial charge in [-0.3, -0.25) is 14.3 Å². The van der Waals surface area contributed by atoms with Crippen LogP contribution in [0.3, 0.4) is 0 Å². The SMILES string of the molecule is Cc1ccc2[nH]c(=O)n(C3CCN(C(=O)c4cc(-c5cncc(F)c5)n(-c5ccc(C(F)(F)F)c(F)c5)n4)CC3)c2c1F. The predicted molar refractivity (Wildman–Crippen MR) is 143 cm³/mol. The van der Waals surface area contributed by atoms with Crippen LogP contribution < -0.4 is 5.69 Å². The van der Waals surface area contributed by atoms with Crippen molar-refractivity contribution in [2.24, 2.45) is 0 Å². The van der Waals surface area contributed by atoms with Crippen molar-refractivity contribution >= 4 is 16.9 Å². The Morgan fingerprint density at radius 1 is 1.00 bits per heavy atom. The van der Waals surface area contributed by atoms with Crippen molar-refractivity contribution in [2.75, 3.05) is 13.1 Å². The molecule has 1 N–H and O–H groups in total. The van der Waals surface area contributed by atoms with Gasteiger partial charge in [-0.25, -0.2) is 22.6 Å². The summed E-state index contributed by atoms with van der Waals surface area (Å²) in [5.41, 5.74) is -0.992. The number of rotatable bonds is 4. The number of likely N-dealkylation sites (tertiary alicyclic amines) is 1. The highest BCUT2D eigenvalue weighted by atomic mass is 19.4. The van der Waals surface area contributed by atoms with Crippen molar-refractivity contribution in [3.63, 3.8) is 0 Å². The van der Waals surface area contributed by atoms with Gasteiger partial charge in [-0.05, 0) is 55.7 Å². The average Bonchev–Trinajstić information content (AvgIpc) is 3.56. The van der Waals surface area contributed by atoms with Gasteiger partial charge in [0.15, 0.2) is 11.5 Å². The molecule has 14 heteroatoms. The molecule has 1 amide bonds. The summed E-state index contributed by atoms with van der Waals surface area (Å²) in [6.07, 6.45) is -2.03. The zero-order valence-corrected chi connectivity index (χ0v) is 22.4. The van der Waals surface area contributed by atoms with Crippen LogP contribution in [-0.2, 0) is 6.18 Å². The Morgan fingerprint density at radius 2 is 1.74 bits per heavy atom. The van der Waals surface area contributed by atoms with E-state index in [-0.39, 0.29) is 47.3 Å². The molecule has 8 nitrogen and oxygen atoms in total. The number of hydrogen-bond acceptors (Lipinski definition) is 4. The molecule has 6 rings (SSSR count). The Bertz CT molecular complexity index is 1930. The Hall–Kier alpha value is -4.88. The highest BCUT2D eigenvalue weighted by Crippen LogP contribution is 2.34. The quantitative estimate of drug-likeness (QED) is 0.264. The fourth-order valence-corrected chi connectivity index (χ4v) is 5.42. The minimum atomic E-state index is -4.92. The Kier molecular flexibility index (Phi) is 6.86. The average molecular weight is 601 g/mol. The van der Waals surface area contributed by atoms with E-state index in [0.717, 1.165) is 23.0 Å². The van der Waals surface area contributed by atoms with Crippen molar-refractivity contribution in [2.45, 2.75) is 32.0 Å². The number of imidazole rings is 1. The van der Waals surface area contributed by atoms with E-state index in [1.165, 1.54) is 21.7 Å². The number of aromatic nitrogens is 5. The van der Waals surface area contributed by atoms with Gasteiger partial charge < -0.3 is 9.88 Å². The van der Waals surface area contributed by atoms with Crippen LogP contribution in [0.1, 0.15) is 40.5 Å². The number of fused-ring (bicyclic) bond motifs is 1. The molecule has 0 saturated carbocycles. The van der Waals surface area contributed by atoms with E-state index >= 15 is 0 Å². The first-order valence-electron chi connectivity index (χ1n) is 13.2.